The van der Waals surface area contributed by atoms with E-state index in [0.29, 0.717) is 0 Å². The molecule has 0 radical (unpaired) electrons. The fraction of sp³-hybridized carbons (Fsp3) is 0.455. The lowest BCUT2D eigenvalue weighted by molar-refractivity contribution is 0.153. The van der Waals surface area contributed by atoms with Crippen LogP contribution >= 0.6 is 23.4 Å². The van der Waals surface area contributed by atoms with Gasteiger partial charge in [0.05, 0.1) is 22.9 Å². The summed E-state index contributed by atoms with van der Waals surface area (Å²) in [6.07, 6.45) is 1.17. The van der Waals surface area contributed by atoms with E-state index in [4.69, 9.17) is 20.7 Å². The molecular weight excluding hydrogens is 534 g/mol. The molecule has 2 aliphatic rings. The first-order valence-corrected chi connectivity index (χ1v) is 15.5. The third-order valence-electron chi connectivity index (χ3n) is 5.64. The summed E-state index contributed by atoms with van der Waals surface area (Å²) in [5.74, 6) is -1.96. The van der Waals surface area contributed by atoms with Crippen molar-refractivity contribution in [3.63, 3.8) is 0 Å². The second-order valence-electron chi connectivity index (χ2n) is 8.40. The van der Waals surface area contributed by atoms with Crippen LogP contribution in [0.2, 0.25) is 5.02 Å². The molecule has 0 atom stereocenters. The van der Waals surface area contributed by atoms with E-state index >= 15 is 0 Å². The van der Waals surface area contributed by atoms with Crippen LogP contribution in [0.5, 0.6) is 0 Å². The predicted octanol–water partition coefficient (Wildman–Crippen LogP) is 3.34. The van der Waals surface area contributed by atoms with Gasteiger partial charge in [-0.3, -0.25) is 9.11 Å². The molecule has 194 valence electrons. The van der Waals surface area contributed by atoms with Crippen LogP contribution in [0.1, 0.15) is 6.42 Å². The highest BCUT2D eigenvalue weighted by atomic mass is 35.5. The van der Waals surface area contributed by atoms with E-state index in [0.717, 1.165) is 11.6 Å². The Morgan fingerprint density at radius 3 is 2.09 bits per heavy atom. The molecular formula is C22H30ClN3O6S3. The smallest absolute Gasteiger partial charge is 0.265 e. The van der Waals surface area contributed by atoms with E-state index in [1.165, 1.54) is 60.3 Å². The SMILES string of the molecule is CN1CCN(CCCN2c3ccccc3Sc3cc(Cl)ccc32)CC1.O=S(=O)(O)CCS(=O)(=O)O. The summed E-state index contributed by atoms with van der Waals surface area (Å²) < 4.78 is 55.4. The van der Waals surface area contributed by atoms with Crippen molar-refractivity contribution >= 4 is 55.0 Å². The number of piperazine rings is 1. The van der Waals surface area contributed by atoms with Crippen molar-refractivity contribution < 1.29 is 25.9 Å². The lowest BCUT2D eigenvalue weighted by Gasteiger charge is -2.35. The molecule has 0 spiro atoms. The number of para-hydroxylation sites is 1. The van der Waals surface area contributed by atoms with E-state index in [9.17, 15) is 16.8 Å². The minimum absolute atomic E-state index is 0.808. The minimum Gasteiger partial charge on any atom is -0.340 e. The second kappa shape index (κ2) is 12.2. The van der Waals surface area contributed by atoms with Gasteiger partial charge in [-0.15, -0.1) is 0 Å². The van der Waals surface area contributed by atoms with Gasteiger partial charge < -0.3 is 14.7 Å². The molecule has 13 heteroatoms. The fourth-order valence-corrected chi connectivity index (χ4v) is 6.84. The highest BCUT2D eigenvalue weighted by Crippen LogP contribution is 2.48. The molecule has 4 rings (SSSR count). The third kappa shape index (κ3) is 9.21. The standard InChI is InChI=1S/C20H24ClN3S.C2H6O6S2/c1-22-11-13-23(14-12-22)9-4-10-24-17-5-2-3-6-19(17)25-20-15-16(21)7-8-18(20)24;3-9(4,5)1-2-10(6,7)8/h2-3,5-8,15H,4,9-14H2,1H3;1-2H2,(H,3,4,5)(H,6,7,8). The highest BCUT2D eigenvalue weighted by Gasteiger charge is 2.23. The van der Waals surface area contributed by atoms with Gasteiger partial charge in [-0.05, 0) is 50.3 Å². The number of hydrogen-bond acceptors (Lipinski definition) is 8. The number of rotatable bonds is 7. The fourth-order valence-electron chi connectivity index (χ4n) is 3.78. The first-order chi connectivity index (χ1) is 16.4. The molecule has 0 amide bonds. The quantitative estimate of drug-likeness (QED) is 0.485. The molecule has 1 saturated heterocycles. The molecule has 1 fully saturated rings. The Morgan fingerprint density at radius 2 is 1.46 bits per heavy atom. The maximum atomic E-state index is 9.86. The van der Waals surface area contributed by atoms with Crippen LogP contribution in [0.4, 0.5) is 11.4 Å². The lowest BCUT2D eigenvalue weighted by Crippen LogP contribution is -2.45. The summed E-state index contributed by atoms with van der Waals surface area (Å²) in [5, 5.41) is 0.808. The van der Waals surface area contributed by atoms with Crippen LogP contribution in [0.3, 0.4) is 0 Å². The van der Waals surface area contributed by atoms with Gasteiger partial charge in [0.15, 0.2) is 0 Å². The van der Waals surface area contributed by atoms with Gasteiger partial charge in [0.1, 0.15) is 0 Å². The monoisotopic (exact) mass is 563 g/mol. The van der Waals surface area contributed by atoms with Crippen molar-refractivity contribution in [1.82, 2.24) is 9.80 Å². The summed E-state index contributed by atoms with van der Waals surface area (Å²) in [7, 11) is -6.38. The molecule has 0 bridgehead atoms. The molecule has 35 heavy (non-hydrogen) atoms. The van der Waals surface area contributed by atoms with Gasteiger partial charge in [0.2, 0.25) is 0 Å². The minimum atomic E-state index is -4.30. The van der Waals surface area contributed by atoms with Crippen LogP contribution in [-0.2, 0) is 20.2 Å². The average Bonchev–Trinajstić information content (AvgIpc) is 2.78. The van der Waals surface area contributed by atoms with Crippen molar-refractivity contribution in [3.05, 3.63) is 47.5 Å². The van der Waals surface area contributed by atoms with Crippen LogP contribution in [0.15, 0.2) is 52.3 Å². The zero-order valence-corrected chi connectivity index (χ0v) is 22.6. The van der Waals surface area contributed by atoms with Gasteiger partial charge >= 0.3 is 0 Å². The van der Waals surface area contributed by atoms with Gasteiger partial charge in [0, 0.05) is 47.5 Å². The van der Waals surface area contributed by atoms with Crippen molar-refractivity contribution in [2.45, 2.75) is 16.2 Å². The number of likely N-dealkylation sites (N-methyl/N-ethyl adjacent to an activating group) is 1. The number of anilines is 2. The first-order valence-electron chi connectivity index (χ1n) is 11.1. The molecule has 2 heterocycles. The topological polar surface area (TPSA) is 118 Å². The van der Waals surface area contributed by atoms with E-state index < -0.39 is 31.7 Å². The maximum Gasteiger partial charge on any atom is 0.265 e. The normalized spacial score (nSPS) is 16.7. The van der Waals surface area contributed by atoms with Crippen LogP contribution in [0, 0.1) is 0 Å². The summed E-state index contributed by atoms with van der Waals surface area (Å²) in [4.78, 5) is 10.0. The van der Waals surface area contributed by atoms with Crippen molar-refractivity contribution in [3.8, 4) is 0 Å². The van der Waals surface area contributed by atoms with Crippen LogP contribution < -0.4 is 4.90 Å². The number of nitrogens with zero attached hydrogens (tertiary/aromatic N) is 3. The van der Waals surface area contributed by atoms with Crippen LogP contribution in [-0.4, -0.2) is 93.6 Å². The molecule has 2 N–H and O–H groups in total. The molecule has 2 aromatic carbocycles. The molecule has 2 aliphatic heterocycles. The Bertz CT molecular complexity index is 1190. The maximum absolute atomic E-state index is 9.86. The van der Waals surface area contributed by atoms with E-state index in [1.54, 1.807) is 0 Å². The first kappa shape index (κ1) is 28.2. The molecule has 0 unspecified atom stereocenters. The van der Waals surface area contributed by atoms with Crippen molar-refractivity contribution in [2.24, 2.45) is 0 Å². The lowest BCUT2D eigenvalue weighted by atomic mass is 10.2. The summed E-state index contributed by atoms with van der Waals surface area (Å²) >= 11 is 8.05. The molecule has 9 nitrogen and oxygen atoms in total. The van der Waals surface area contributed by atoms with E-state index in [2.05, 4.69) is 58.1 Å². The van der Waals surface area contributed by atoms with E-state index in [-0.39, 0.29) is 0 Å². The molecule has 0 saturated carbocycles. The molecule has 0 aromatic heterocycles. The Kier molecular flexibility index (Phi) is 9.86. The highest BCUT2D eigenvalue weighted by molar-refractivity contribution is 7.99. The number of hydrogen-bond donors (Lipinski definition) is 2. The van der Waals surface area contributed by atoms with E-state index in [1.807, 2.05) is 17.8 Å². The summed E-state index contributed by atoms with van der Waals surface area (Å²) in [5.41, 5.74) is 2.60. The molecule has 0 aliphatic carbocycles. The zero-order valence-electron chi connectivity index (χ0n) is 19.4. The van der Waals surface area contributed by atoms with Gasteiger partial charge in [-0.25, -0.2) is 0 Å². The van der Waals surface area contributed by atoms with Gasteiger partial charge in [-0.2, -0.15) is 16.8 Å². The number of halogens is 1. The number of benzene rings is 2. The average molecular weight is 564 g/mol. The van der Waals surface area contributed by atoms with Gasteiger partial charge in [-0.1, -0.05) is 35.5 Å². The zero-order chi connectivity index (χ0) is 25.6. The Labute approximate surface area is 216 Å². The Hall–Kier alpha value is -1.38. The Balaban J connectivity index is 0.000000292. The molecule has 2 aromatic rings. The predicted molar refractivity (Wildman–Crippen MR) is 140 cm³/mol. The van der Waals surface area contributed by atoms with Crippen molar-refractivity contribution in [2.75, 3.05) is 62.7 Å². The summed E-state index contributed by atoms with van der Waals surface area (Å²) in [6, 6.07) is 14.9. The second-order valence-corrected chi connectivity index (χ2v) is 13.1. The summed E-state index contributed by atoms with van der Waals surface area (Å²) in [6.45, 7) is 6.96. The van der Waals surface area contributed by atoms with Crippen LogP contribution in [0.25, 0.3) is 0 Å². The van der Waals surface area contributed by atoms with Gasteiger partial charge in [0.25, 0.3) is 20.2 Å². The number of fused-ring (bicyclic) bond motifs is 2. The Morgan fingerprint density at radius 1 is 0.857 bits per heavy atom. The third-order valence-corrected chi connectivity index (χ3v) is 8.69. The van der Waals surface area contributed by atoms with Crippen molar-refractivity contribution in [1.29, 1.82) is 0 Å². The largest absolute Gasteiger partial charge is 0.340 e.